The van der Waals surface area contributed by atoms with Gasteiger partial charge in [0.1, 0.15) is 0 Å². The lowest BCUT2D eigenvalue weighted by atomic mass is 9.92. The smallest absolute Gasteiger partial charge is 0.360 e. The van der Waals surface area contributed by atoms with Crippen molar-refractivity contribution in [1.29, 1.82) is 0 Å². The molecule has 2 aliphatic heterocycles. The molecule has 2 fully saturated rings. The van der Waals surface area contributed by atoms with Crippen LogP contribution in [0.25, 0.3) is 0 Å². The van der Waals surface area contributed by atoms with Crippen LogP contribution in [0.5, 0.6) is 0 Å². The molecule has 0 bridgehead atoms. The lowest BCUT2D eigenvalue weighted by Gasteiger charge is -2.38. The van der Waals surface area contributed by atoms with Crippen LogP contribution in [0.4, 0.5) is 0 Å². The Hall–Kier alpha value is -1.75. The third kappa shape index (κ3) is 4.14. The number of likely N-dealkylation sites (tertiary alicyclic amines) is 1. The van der Waals surface area contributed by atoms with E-state index in [1.165, 1.54) is 13.3 Å². The van der Waals surface area contributed by atoms with E-state index in [9.17, 15) is 19.8 Å². The lowest BCUT2D eigenvalue weighted by molar-refractivity contribution is -0.138. The maximum absolute atomic E-state index is 12.6. The van der Waals surface area contributed by atoms with Crippen molar-refractivity contribution in [2.24, 2.45) is 0 Å². The van der Waals surface area contributed by atoms with E-state index in [1.807, 2.05) is 0 Å². The number of ether oxygens (including phenoxy) is 1. The summed E-state index contributed by atoms with van der Waals surface area (Å²) in [5.74, 6) is -0.565. The molecule has 0 saturated carbocycles. The van der Waals surface area contributed by atoms with Gasteiger partial charge in [-0.05, 0) is 19.3 Å². The number of hydrogen-bond donors (Lipinski definition) is 3. The van der Waals surface area contributed by atoms with E-state index in [1.54, 1.807) is 9.58 Å². The van der Waals surface area contributed by atoms with Crippen LogP contribution in [0.3, 0.4) is 0 Å². The Labute approximate surface area is 156 Å². The van der Waals surface area contributed by atoms with E-state index in [2.05, 4.69) is 20.4 Å². The quantitative estimate of drug-likeness (QED) is 0.544. The Morgan fingerprint density at radius 3 is 2.73 bits per heavy atom. The van der Waals surface area contributed by atoms with Crippen molar-refractivity contribution in [2.45, 2.75) is 36.9 Å². The van der Waals surface area contributed by atoms with Gasteiger partial charge in [0.25, 0.3) is 0 Å². The number of methoxy groups -OCH3 is 1. The fourth-order valence-electron chi connectivity index (χ4n) is 3.28. The molecule has 146 valence electrons. The van der Waals surface area contributed by atoms with Crippen LogP contribution < -0.4 is 5.32 Å². The summed E-state index contributed by atoms with van der Waals surface area (Å²) < 4.78 is 6.18. The topological polar surface area (TPSA) is 130 Å². The predicted octanol–water partition coefficient (Wildman–Crippen LogP) is -1.26. The SMILES string of the molecule is COC(=O)c1cn([C@H]2CN[C@H](C(=O)N3CCC(O)(CO)CC3)C2)nn1.Cl. The van der Waals surface area contributed by atoms with E-state index < -0.39 is 11.6 Å². The molecule has 2 aliphatic rings. The highest BCUT2D eigenvalue weighted by Crippen LogP contribution is 2.25. The normalized spacial score (nSPS) is 24.8. The fourth-order valence-corrected chi connectivity index (χ4v) is 3.28. The number of amides is 1. The van der Waals surface area contributed by atoms with Gasteiger partial charge in [-0.2, -0.15) is 0 Å². The van der Waals surface area contributed by atoms with Crippen molar-refractivity contribution in [1.82, 2.24) is 25.2 Å². The first-order chi connectivity index (χ1) is 12.0. The van der Waals surface area contributed by atoms with Gasteiger partial charge in [-0.15, -0.1) is 17.5 Å². The molecule has 26 heavy (non-hydrogen) atoms. The number of nitrogens with zero attached hydrogens (tertiary/aromatic N) is 4. The number of aliphatic hydroxyl groups excluding tert-OH is 1. The number of carbonyl (C=O) groups excluding carboxylic acids is 2. The third-order valence-electron chi connectivity index (χ3n) is 4.98. The Balaban J connectivity index is 0.00000243. The number of hydrogen-bond acceptors (Lipinski definition) is 8. The molecule has 10 nitrogen and oxygen atoms in total. The van der Waals surface area contributed by atoms with Crippen LogP contribution in [-0.4, -0.2) is 87.0 Å². The number of carbonyl (C=O) groups is 2. The van der Waals surface area contributed by atoms with Gasteiger partial charge in [0.15, 0.2) is 5.69 Å². The van der Waals surface area contributed by atoms with E-state index >= 15 is 0 Å². The highest BCUT2D eigenvalue weighted by atomic mass is 35.5. The van der Waals surface area contributed by atoms with Gasteiger partial charge in [0.2, 0.25) is 5.91 Å². The Morgan fingerprint density at radius 2 is 2.12 bits per heavy atom. The summed E-state index contributed by atoms with van der Waals surface area (Å²) in [5, 5.41) is 30.1. The largest absolute Gasteiger partial charge is 0.464 e. The molecular weight excluding hydrogens is 366 g/mol. The van der Waals surface area contributed by atoms with Crippen molar-refractivity contribution in [3.05, 3.63) is 11.9 Å². The number of nitrogens with one attached hydrogen (secondary N) is 1. The zero-order chi connectivity index (χ0) is 18.0. The van der Waals surface area contributed by atoms with Gasteiger partial charge >= 0.3 is 5.97 Å². The molecule has 3 heterocycles. The van der Waals surface area contributed by atoms with Gasteiger partial charge in [-0.25, -0.2) is 9.48 Å². The second kappa shape index (κ2) is 8.30. The zero-order valence-electron chi connectivity index (χ0n) is 14.5. The Morgan fingerprint density at radius 1 is 1.42 bits per heavy atom. The molecule has 3 rings (SSSR count). The van der Waals surface area contributed by atoms with E-state index in [0.717, 1.165) is 0 Å². The van der Waals surface area contributed by atoms with Crippen LogP contribution in [-0.2, 0) is 9.53 Å². The molecule has 0 aromatic carbocycles. The predicted molar refractivity (Wildman–Crippen MR) is 91.9 cm³/mol. The highest BCUT2D eigenvalue weighted by molar-refractivity contribution is 5.86. The average molecular weight is 390 g/mol. The Bertz CT molecular complexity index is 646. The van der Waals surface area contributed by atoms with Crippen LogP contribution >= 0.6 is 12.4 Å². The molecule has 2 saturated heterocycles. The minimum atomic E-state index is -1.08. The summed E-state index contributed by atoms with van der Waals surface area (Å²) in [5.41, 5.74) is -0.940. The highest BCUT2D eigenvalue weighted by Gasteiger charge is 2.38. The first-order valence-electron chi connectivity index (χ1n) is 8.31. The number of rotatable bonds is 4. The fraction of sp³-hybridized carbons (Fsp3) is 0.733. The molecule has 0 radical (unpaired) electrons. The minimum absolute atomic E-state index is 0. The summed E-state index contributed by atoms with van der Waals surface area (Å²) >= 11 is 0. The summed E-state index contributed by atoms with van der Waals surface area (Å²) in [6.45, 7) is 1.12. The second-order valence-corrected chi connectivity index (χ2v) is 6.63. The van der Waals surface area contributed by atoms with E-state index in [0.29, 0.717) is 38.9 Å². The van der Waals surface area contributed by atoms with E-state index in [-0.39, 0.29) is 42.7 Å². The summed E-state index contributed by atoms with van der Waals surface area (Å²) in [6, 6.07) is -0.407. The number of aliphatic hydroxyl groups is 2. The van der Waals surface area contributed by atoms with Gasteiger partial charge in [0.05, 0.1) is 37.6 Å². The molecule has 1 aromatic rings. The number of esters is 1. The average Bonchev–Trinajstić information content (AvgIpc) is 3.30. The van der Waals surface area contributed by atoms with E-state index in [4.69, 9.17) is 0 Å². The summed E-state index contributed by atoms with van der Waals surface area (Å²) in [7, 11) is 1.28. The molecule has 0 spiro atoms. The van der Waals surface area contributed by atoms with Crippen LogP contribution in [0, 0.1) is 0 Å². The molecule has 11 heteroatoms. The maximum Gasteiger partial charge on any atom is 0.360 e. The van der Waals surface area contributed by atoms with Crippen molar-refractivity contribution >= 4 is 24.3 Å². The maximum atomic E-state index is 12.6. The standard InChI is InChI=1S/C15H23N5O5.ClH/c1-25-14(23)12-8-20(18-17-12)10-6-11(16-7-10)13(22)19-4-2-15(24,9-21)3-5-19;/h8,10-11,16,21,24H,2-7,9H2,1H3;1H/t10-,11+;/m1./s1. The van der Waals surface area contributed by atoms with Gasteiger partial charge in [-0.3, -0.25) is 4.79 Å². The molecule has 3 N–H and O–H groups in total. The molecule has 0 aliphatic carbocycles. The summed E-state index contributed by atoms with van der Waals surface area (Å²) in [6.07, 6.45) is 2.81. The first kappa shape index (κ1) is 20.6. The molecule has 1 aromatic heterocycles. The van der Waals surface area contributed by atoms with Crippen molar-refractivity contribution in [3.63, 3.8) is 0 Å². The van der Waals surface area contributed by atoms with Crippen LogP contribution in [0.1, 0.15) is 35.8 Å². The first-order valence-corrected chi connectivity index (χ1v) is 8.31. The summed E-state index contributed by atoms with van der Waals surface area (Å²) in [4.78, 5) is 25.8. The molecular formula is C15H24ClN5O5. The van der Waals surface area contributed by atoms with Crippen molar-refractivity contribution in [2.75, 3.05) is 33.4 Å². The van der Waals surface area contributed by atoms with Crippen molar-refractivity contribution < 1.29 is 24.5 Å². The molecule has 2 atom stereocenters. The zero-order valence-corrected chi connectivity index (χ0v) is 15.3. The van der Waals surface area contributed by atoms with Gasteiger partial charge in [-0.1, -0.05) is 5.21 Å². The van der Waals surface area contributed by atoms with Gasteiger partial charge < -0.3 is 25.2 Å². The third-order valence-corrected chi connectivity index (χ3v) is 4.98. The number of aromatic nitrogens is 3. The van der Waals surface area contributed by atoms with Gasteiger partial charge in [0, 0.05) is 19.6 Å². The molecule has 1 amide bonds. The number of piperidine rings is 1. The lowest BCUT2D eigenvalue weighted by Crippen LogP contribution is -2.52. The van der Waals surface area contributed by atoms with Crippen LogP contribution in [0.2, 0.25) is 0 Å². The van der Waals surface area contributed by atoms with Crippen LogP contribution in [0.15, 0.2) is 6.20 Å². The monoisotopic (exact) mass is 389 g/mol. The number of halogens is 1. The second-order valence-electron chi connectivity index (χ2n) is 6.63. The molecule has 0 unspecified atom stereocenters. The van der Waals surface area contributed by atoms with Crippen molar-refractivity contribution in [3.8, 4) is 0 Å². The Kier molecular flexibility index (Phi) is 6.56. The minimum Gasteiger partial charge on any atom is -0.464 e.